The zero-order chi connectivity index (χ0) is 34.4. The van der Waals surface area contributed by atoms with Gasteiger partial charge in [-0.15, -0.1) is 0 Å². The van der Waals surface area contributed by atoms with Crippen molar-refractivity contribution in [1.82, 2.24) is 0 Å². The van der Waals surface area contributed by atoms with Gasteiger partial charge >= 0.3 is 5.97 Å². The second kappa shape index (κ2) is 25.3. The first-order valence-electron chi connectivity index (χ1n) is 21.4. The van der Waals surface area contributed by atoms with Crippen LogP contribution in [0.3, 0.4) is 0 Å². The number of carbonyl (C=O) groups is 1. The highest BCUT2D eigenvalue weighted by Gasteiger charge is 2.32. The van der Waals surface area contributed by atoms with E-state index >= 15 is 0 Å². The third-order valence-electron chi connectivity index (χ3n) is 12.4. The topological polar surface area (TPSA) is 72.5 Å². The summed E-state index contributed by atoms with van der Waals surface area (Å²) in [6, 6.07) is 0. The molecule has 0 saturated heterocycles. The minimum Gasteiger partial charge on any atom is -0.462 e. The summed E-state index contributed by atoms with van der Waals surface area (Å²) in [6.45, 7) is 8.90. The highest BCUT2D eigenvalue weighted by molar-refractivity contribution is 5.72. The average molecular weight is 693 g/mol. The summed E-state index contributed by atoms with van der Waals surface area (Å²) in [5.41, 5.74) is 0. The number of esters is 1. The Hall–Kier alpha value is -0.730. The summed E-state index contributed by atoms with van der Waals surface area (Å²) in [4.78, 5) is 23.6. The van der Waals surface area contributed by atoms with Crippen LogP contribution in [-0.4, -0.2) is 63.9 Å². The maximum absolute atomic E-state index is 12.9. The SMILES string of the molecule is CCCCCCCOCCOOCC1CCC(C(=O)OC2CCC(OCCCCCCOC3CCC(C4CCC(C)CC4)CC3)CC2)CC1. The molecule has 0 spiro atoms. The molecule has 4 aliphatic rings. The lowest BCUT2D eigenvalue weighted by Crippen LogP contribution is -2.32. The molecule has 0 aromatic carbocycles. The van der Waals surface area contributed by atoms with Crippen molar-refractivity contribution in [3.05, 3.63) is 0 Å². The molecule has 0 unspecified atom stereocenters. The number of hydrogen-bond donors (Lipinski definition) is 0. The fourth-order valence-corrected chi connectivity index (χ4v) is 8.89. The van der Waals surface area contributed by atoms with E-state index in [0.717, 1.165) is 102 Å². The van der Waals surface area contributed by atoms with Crippen molar-refractivity contribution in [3.63, 3.8) is 0 Å². The second-order valence-corrected chi connectivity index (χ2v) is 16.4. The molecule has 0 N–H and O–H groups in total. The molecule has 7 nitrogen and oxygen atoms in total. The number of rotatable bonds is 24. The Kier molecular flexibility index (Phi) is 21.2. The van der Waals surface area contributed by atoms with Crippen LogP contribution in [0.25, 0.3) is 0 Å². The Bertz CT molecular complexity index is 806. The molecule has 0 heterocycles. The first-order chi connectivity index (χ1) is 24.1. The average Bonchev–Trinajstić information content (AvgIpc) is 3.13. The Morgan fingerprint density at radius 3 is 1.65 bits per heavy atom. The van der Waals surface area contributed by atoms with E-state index in [-0.39, 0.29) is 18.0 Å². The molecule has 0 bridgehead atoms. The van der Waals surface area contributed by atoms with Crippen LogP contribution in [0.1, 0.15) is 174 Å². The van der Waals surface area contributed by atoms with Crippen molar-refractivity contribution in [3.8, 4) is 0 Å². The molecule has 286 valence electrons. The quantitative estimate of drug-likeness (QED) is 0.0431. The molecule has 4 fully saturated rings. The van der Waals surface area contributed by atoms with Crippen LogP contribution in [0.5, 0.6) is 0 Å². The van der Waals surface area contributed by atoms with E-state index in [1.54, 1.807) is 0 Å². The molecular weight excluding hydrogens is 616 g/mol. The Morgan fingerprint density at radius 2 is 1.04 bits per heavy atom. The van der Waals surface area contributed by atoms with Gasteiger partial charge < -0.3 is 18.9 Å². The molecule has 0 radical (unpaired) electrons. The summed E-state index contributed by atoms with van der Waals surface area (Å²) in [5, 5.41) is 0. The smallest absolute Gasteiger partial charge is 0.309 e. The van der Waals surface area contributed by atoms with Crippen LogP contribution in [-0.2, 0) is 33.5 Å². The van der Waals surface area contributed by atoms with Gasteiger partial charge in [0.25, 0.3) is 0 Å². The van der Waals surface area contributed by atoms with E-state index in [2.05, 4.69) is 13.8 Å². The van der Waals surface area contributed by atoms with Crippen LogP contribution >= 0.6 is 0 Å². The molecule has 0 aliphatic heterocycles. The molecule has 0 amide bonds. The van der Waals surface area contributed by atoms with Gasteiger partial charge in [-0.1, -0.05) is 65.2 Å². The predicted octanol–water partition coefficient (Wildman–Crippen LogP) is 10.6. The van der Waals surface area contributed by atoms with E-state index < -0.39 is 0 Å². The van der Waals surface area contributed by atoms with Gasteiger partial charge in [0.2, 0.25) is 0 Å². The molecule has 4 saturated carbocycles. The molecule has 0 aromatic heterocycles. The summed E-state index contributed by atoms with van der Waals surface area (Å²) in [7, 11) is 0. The fourth-order valence-electron chi connectivity index (χ4n) is 8.89. The van der Waals surface area contributed by atoms with Crippen LogP contribution in [0.4, 0.5) is 0 Å². The Balaban J connectivity index is 0.896. The second-order valence-electron chi connectivity index (χ2n) is 16.4. The third-order valence-corrected chi connectivity index (χ3v) is 12.4. The lowest BCUT2D eigenvalue weighted by atomic mass is 9.71. The van der Waals surface area contributed by atoms with E-state index in [1.165, 1.54) is 96.3 Å². The standard InChI is InChI=1S/C42H76O7/c1-3-4-5-6-9-28-44-31-32-47-48-33-35-14-18-38(19-15-35)42(43)49-41-26-24-40(25-27-41)46-30-11-8-7-10-29-45-39-22-20-37(21-23-39)36-16-12-34(2)13-17-36/h34-41H,3-33H2,1-2H3. The Labute approximate surface area is 300 Å². The number of hydrogen-bond acceptors (Lipinski definition) is 7. The third kappa shape index (κ3) is 17.1. The number of unbranched alkanes of at least 4 members (excludes halogenated alkanes) is 7. The summed E-state index contributed by atoms with van der Waals surface area (Å²) < 4.78 is 24.1. The normalized spacial score (nSPS) is 31.1. The van der Waals surface area contributed by atoms with E-state index in [0.29, 0.717) is 37.9 Å². The van der Waals surface area contributed by atoms with E-state index in [4.69, 9.17) is 28.7 Å². The van der Waals surface area contributed by atoms with Gasteiger partial charge in [-0.05, 0) is 133 Å². The van der Waals surface area contributed by atoms with Crippen LogP contribution in [0, 0.1) is 29.6 Å². The first-order valence-corrected chi connectivity index (χ1v) is 21.4. The van der Waals surface area contributed by atoms with Crippen molar-refractivity contribution >= 4 is 5.97 Å². The summed E-state index contributed by atoms with van der Waals surface area (Å²) in [6.07, 6.45) is 30.8. The molecule has 7 heteroatoms. The molecular formula is C42H76O7. The first kappa shape index (κ1) is 41.0. The zero-order valence-electron chi connectivity index (χ0n) is 31.9. The minimum absolute atomic E-state index is 0.0117. The highest BCUT2D eigenvalue weighted by Crippen LogP contribution is 2.40. The van der Waals surface area contributed by atoms with Gasteiger partial charge in [0.1, 0.15) is 12.7 Å². The maximum atomic E-state index is 12.9. The Morgan fingerprint density at radius 1 is 0.510 bits per heavy atom. The lowest BCUT2D eigenvalue weighted by Gasteiger charge is -2.37. The van der Waals surface area contributed by atoms with Crippen molar-refractivity contribution in [2.75, 3.05) is 39.6 Å². The fraction of sp³-hybridized carbons (Fsp3) is 0.976. The van der Waals surface area contributed by atoms with Gasteiger partial charge in [-0.25, -0.2) is 9.78 Å². The van der Waals surface area contributed by atoms with E-state index in [1.807, 2.05) is 0 Å². The monoisotopic (exact) mass is 693 g/mol. The van der Waals surface area contributed by atoms with Crippen molar-refractivity contribution in [2.45, 2.75) is 193 Å². The highest BCUT2D eigenvalue weighted by atomic mass is 17.2. The number of ether oxygens (including phenoxy) is 4. The number of carbonyl (C=O) groups excluding carboxylic acids is 1. The van der Waals surface area contributed by atoms with Gasteiger partial charge in [-0.3, -0.25) is 4.79 Å². The molecule has 4 aliphatic carbocycles. The van der Waals surface area contributed by atoms with Crippen LogP contribution in [0.15, 0.2) is 0 Å². The molecule has 0 aromatic rings. The largest absolute Gasteiger partial charge is 0.462 e. The van der Waals surface area contributed by atoms with Crippen molar-refractivity contribution in [2.24, 2.45) is 29.6 Å². The van der Waals surface area contributed by atoms with Crippen molar-refractivity contribution in [1.29, 1.82) is 0 Å². The van der Waals surface area contributed by atoms with Crippen LogP contribution in [0.2, 0.25) is 0 Å². The van der Waals surface area contributed by atoms with Gasteiger partial charge in [-0.2, -0.15) is 0 Å². The predicted molar refractivity (Wildman–Crippen MR) is 196 cm³/mol. The molecule has 0 atom stereocenters. The summed E-state index contributed by atoms with van der Waals surface area (Å²) in [5.74, 6) is 3.44. The lowest BCUT2D eigenvalue weighted by molar-refractivity contribution is -0.306. The maximum Gasteiger partial charge on any atom is 0.309 e. The minimum atomic E-state index is 0.0117. The van der Waals surface area contributed by atoms with Gasteiger partial charge in [0.15, 0.2) is 0 Å². The summed E-state index contributed by atoms with van der Waals surface area (Å²) >= 11 is 0. The van der Waals surface area contributed by atoms with Gasteiger partial charge in [0, 0.05) is 19.8 Å². The molecule has 49 heavy (non-hydrogen) atoms. The van der Waals surface area contributed by atoms with Crippen LogP contribution < -0.4 is 0 Å². The van der Waals surface area contributed by atoms with Crippen molar-refractivity contribution < 1.29 is 33.5 Å². The van der Waals surface area contributed by atoms with Gasteiger partial charge in [0.05, 0.1) is 31.3 Å². The zero-order valence-corrected chi connectivity index (χ0v) is 31.9. The van der Waals surface area contributed by atoms with E-state index in [9.17, 15) is 4.79 Å². The molecule has 4 rings (SSSR count).